The molecule has 0 aliphatic carbocycles. The van der Waals surface area contributed by atoms with Crippen LogP contribution >= 0.6 is 0 Å². The molecule has 0 saturated carbocycles. The molecule has 0 bridgehead atoms. The van der Waals surface area contributed by atoms with Gasteiger partial charge in [-0.15, -0.1) is 0 Å². The maximum Gasteiger partial charge on any atom is 0.244 e. The predicted octanol–water partition coefficient (Wildman–Crippen LogP) is 5.47. The normalized spacial score (nSPS) is 12.9. The van der Waals surface area contributed by atoms with Crippen LogP contribution in [0.2, 0.25) is 0 Å². The number of hydrogen-bond donors (Lipinski definition) is 1. The van der Waals surface area contributed by atoms with Gasteiger partial charge < -0.3 is 10.2 Å². The van der Waals surface area contributed by atoms with E-state index in [4.69, 9.17) is 0 Å². The monoisotopic (exact) mass is 585 g/mol. The topological polar surface area (TPSA) is 86.8 Å². The number of amides is 2. The van der Waals surface area contributed by atoms with Crippen LogP contribution in [0.4, 0.5) is 5.69 Å². The van der Waals surface area contributed by atoms with Crippen molar-refractivity contribution in [2.45, 2.75) is 52.2 Å². The number of benzene rings is 4. The SMILES string of the molecule is CC[C@H](C)NC(=O)[C@H](Cc1ccccc1)N(Cc1ccccc1C)C(=O)CN(c1cccc2ccccc12)S(C)(=O)=O. The van der Waals surface area contributed by atoms with Crippen LogP contribution in [0.5, 0.6) is 0 Å². The van der Waals surface area contributed by atoms with Crippen molar-refractivity contribution in [1.29, 1.82) is 0 Å². The van der Waals surface area contributed by atoms with Crippen molar-refractivity contribution in [3.8, 4) is 0 Å². The Morgan fingerprint density at radius 3 is 2.19 bits per heavy atom. The minimum absolute atomic E-state index is 0.0885. The zero-order valence-electron chi connectivity index (χ0n) is 24.7. The lowest BCUT2D eigenvalue weighted by molar-refractivity contribution is -0.140. The molecule has 2 atom stereocenters. The van der Waals surface area contributed by atoms with Gasteiger partial charge in [-0.3, -0.25) is 13.9 Å². The van der Waals surface area contributed by atoms with Crippen LogP contribution in [-0.4, -0.2) is 50.0 Å². The summed E-state index contributed by atoms with van der Waals surface area (Å²) in [6.07, 6.45) is 2.12. The molecule has 4 aromatic rings. The number of rotatable bonds is 12. The minimum Gasteiger partial charge on any atom is -0.352 e. The smallest absolute Gasteiger partial charge is 0.244 e. The molecule has 0 saturated heterocycles. The fraction of sp³-hybridized carbons (Fsp3) is 0.294. The van der Waals surface area contributed by atoms with Crippen LogP contribution in [0.3, 0.4) is 0 Å². The Bertz CT molecular complexity index is 1630. The van der Waals surface area contributed by atoms with Gasteiger partial charge >= 0.3 is 0 Å². The van der Waals surface area contributed by atoms with Crippen molar-refractivity contribution in [1.82, 2.24) is 10.2 Å². The second-order valence-electron chi connectivity index (χ2n) is 10.7. The van der Waals surface area contributed by atoms with E-state index in [9.17, 15) is 18.0 Å². The molecule has 7 nitrogen and oxygen atoms in total. The number of carbonyl (C=O) groups is 2. The number of anilines is 1. The van der Waals surface area contributed by atoms with Gasteiger partial charge in [0.15, 0.2) is 0 Å². The summed E-state index contributed by atoms with van der Waals surface area (Å²) < 4.78 is 27.5. The van der Waals surface area contributed by atoms with Gasteiger partial charge in [0.2, 0.25) is 21.8 Å². The molecule has 0 unspecified atom stereocenters. The number of nitrogens with zero attached hydrogens (tertiary/aromatic N) is 2. The lowest BCUT2D eigenvalue weighted by atomic mass is 10.0. The highest BCUT2D eigenvalue weighted by Gasteiger charge is 2.34. The van der Waals surface area contributed by atoms with Gasteiger partial charge in [0, 0.05) is 24.4 Å². The second-order valence-corrected chi connectivity index (χ2v) is 12.6. The highest BCUT2D eigenvalue weighted by atomic mass is 32.2. The third-order valence-corrected chi connectivity index (χ3v) is 8.72. The molecule has 220 valence electrons. The molecule has 4 aromatic carbocycles. The highest BCUT2D eigenvalue weighted by molar-refractivity contribution is 7.92. The van der Waals surface area contributed by atoms with Crippen LogP contribution in [0.1, 0.15) is 37.0 Å². The Labute approximate surface area is 249 Å². The molecular formula is C34H39N3O4S. The third kappa shape index (κ3) is 7.56. The van der Waals surface area contributed by atoms with Crippen molar-refractivity contribution in [2.75, 3.05) is 17.1 Å². The summed E-state index contributed by atoms with van der Waals surface area (Å²) in [5.74, 6) is -0.733. The second kappa shape index (κ2) is 13.7. The molecule has 0 heterocycles. The molecule has 1 N–H and O–H groups in total. The summed E-state index contributed by atoms with van der Waals surface area (Å²) in [4.78, 5) is 29.7. The first-order chi connectivity index (χ1) is 20.1. The predicted molar refractivity (Wildman–Crippen MR) is 170 cm³/mol. The molecule has 0 aliphatic rings. The minimum atomic E-state index is -3.86. The van der Waals surface area contributed by atoms with E-state index in [-0.39, 0.29) is 24.9 Å². The summed E-state index contributed by atoms with van der Waals surface area (Å²) >= 11 is 0. The first-order valence-electron chi connectivity index (χ1n) is 14.2. The molecular weight excluding hydrogens is 546 g/mol. The quantitative estimate of drug-likeness (QED) is 0.239. The Morgan fingerprint density at radius 1 is 0.857 bits per heavy atom. The van der Waals surface area contributed by atoms with Gasteiger partial charge in [0.1, 0.15) is 12.6 Å². The Morgan fingerprint density at radius 2 is 1.50 bits per heavy atom. The van der Waals surface area contributed by atoms with E-state index in [0.29, 0.717) is 5.69 Å². The van der Waals surface area contributed by atoms with Gasteiger partial charge in [-0.25, -0.2) is 8.42 Å². The summed E-state index contributed by atoms with van der Waals surface area (Å²) in [6, 6.07) is 29.2. The highest BCUT2D eigenvalue weighted by Crippen LogP contribution is 2.29. The zero-order valence-corrected chi connectivity index (χ0v) is 25.5. The number of carbonyl (C=O) groups excluding carboxylic acids is 2. The van der Waals surface area contributed by atoms with E-state index >= 15 is 0 Å². The molecule has 2 amide bonds. The molecule has 4 rings (SSSR count). The van der Waals surface area contributed by atoms with E-state index in [1.54, 1.807) is 12.1 Å². The van der Waals surface area contributed by atoms with E-state index < -0.39 is 28.5 Å². The molecule has 0 aromatic heterocycles. The van der Waals surface area contributed by atoms with Crippen molar-refractivity contribution in [2.24, 2.45) is 0 Å². The summed E-state index contributed by atoms with van der Waals surface area (Å²) in [6.45, 7) is 5.59. The lowest BCUT2D eigenvalue weighted by Crippen LogP contribution is -2.54. The van der Waals surface area contributed by atoms with E-state index in [2.05, 4.69) is 5.32 Å². The number of sulfonamides is 1. The Kier molecular flexibility index (Phi) is 10.0. The summed E-state index contributed by atoms with van der Waals surface area (Å²) in [5, 5.41) is 4.65. The van der Waals surface area contributed by atoms with Crippen molar-refractivity contribution < 1.29 is 18.0 Å². The number of aryl methyl sites for hydroxylation is 1. The van der Waals surface area contributed by atoms with Gasteiger partial charge in [0.05, 0.1) is 11.9 Å². The van der Waals surface area contributed by atoms with Gasteiger partial charge in [-0.05, 0) is 48.4 Å². The molecule has 0 fully saturated rings. The van der Waals surface area contributed by atoms with Crippen LogP contribution < -0.4 is 9.62 Å². The number of fused-ring (bicyclic) bond motifs is 1. The van der Waals surface area contributed by atoms with Crippen molar-refractivity contribution in [3.05, 3.63) is 114 Å². The molecule has 42 heavy (non-hydrogen) atoms. The van der Waals surface area contributed by atoms with Gasteiger partial charge in [-0.2, -0.15) is 0 Å². The first-order valence-corrected chi connectivity index (χ1v) is 16.1. The lowest BCUT2D eigenvalue weighted by Gasteiger charge is -2.34. The number of hydrogen-bond acceptors (Lipinski definition) is 4. The van der Waals surface area contributed by atoms with Crippen molar-refractivity contribution >= 4 is 38.3 Å². The molecule has 8 heteroatoms. The largest absolute Gasteiger partial charge is 0.352 e. The van der Waals surface area contributed by atoms with Crippen LogP contribution in [0, 0.1) is 6.92 Å². The van der Waals surface area contributed by atoms with Gasteiger partial charge in [-0.1, -0.05) is 97.9 Å². The van der Waals surface area contributed by atoms with Crippen molar-refractivity contribution in [3.63, 3.8) is 0 Å². The van der Waals surface area contributed by atoms with Crippen LogP contribution in [-0.2, 0) is 32.6 Å². The average Bonchev–Trinajstić information content (AvgIpc) is 2.98. The fourth-order valence-electron chi connectivity index (χ4n) is 4.99. The Hall–Kier alpha value is -4.17. The zero-order chi connectivity index (χ0) is 30.3. The van der Waals surface area contributed by atoms with Crippen LogP contribution in [0.25, 0.3) is 10.8 Å². The maximum atomic E-state index is 14.4. The van der Waals surface area contributed by atoms with E-state index in [1.165, 1.54) is 4.90 Å². The van der Waals surface area contributed by atoms with Crippen LogP contribution in [0.15, 0.2) is 97.1 Å². The molecule has 0 radical (unpaired) electrons. The summed E-state index contributed by atoms with van der Waals surface area (Å²) in [5.41, 5.74) is 3.18. The molecule has 0 spiro atoms. The van der Waals surface area contributed by atoms with Gasteiger partial charge in [0.25, 0.3) is 0 Å². The maximum absolute atomic E-state index is 14.4. The third-order valence-electron chi connectivity index (χ3n) is 7.59. The average molecular weight is 586 g/mol. The Balaban J connectivity index is 1.79. The fourth-order valence-corrected chi connectivity index (χ4v) is 5.85. The first kappa shape index (κ1) is 30.8. The van der Waals surface area contributed by atoms with E-state index in [1.807, 2.05) is 106 Å². The molecule has 0 aliphatic heterocycles. The number of nitrogens with one attached hydrogen (secondary N) is 1. The summed E-state index contributed by atoms with van der Waals surface area (Å²) in [7, 11) is -3.86. The standard InChI is InChI=1S/C34H39N3O4S/c1-5-26(3)35-34(39)32(22-27-15-7-6-8-16-27)36(23-29-18-10-9-14-25(29)2)33(38)24-37(42(4,40)41)31-21-13-19-28-17-11-12-20-30(28)31/h6-21,26,32H,5,22-24H2,1-4H3,(H,35,39)/t26-,32-/m0/s1. The van der Waals surface area contributed by atoms with E-state index in [0.717, 1.165) is 44.4 Å².